The highest BCUT2D eigenvalue weighted by Gasteiger charge is 2.47. The Hall–Kier alpha value is -0.980. The molecule has 18 heavy (non-hydrogen) atoms. The van der Waals surface area contributed by atoms with Gasteiger partial charge in [0.05, 0.1) is 6.61 Å². The lowest BCUT2D eigenvalue weighted by Crippen LogP contribution is -2.41. The maximum atomic E-state index is 11.5. The van der Waals surface area contributed by atoms with E-state index in [0.717, 1.165) is 25.7 Å². The number of rotatable bonds is 8. The number of carbonyl (C=O) groups is 2. The minimum absolute atomic E-state index is 0.335. The van der Waals surface area contributed by atoms with E-state index in [0.29, 0.717) is 6.61 Å². The zero-order valence-electron chi connectivity index (χ0n) is 10.5. The van der Waals surface area contributed by atoms with Crippen LogP contribution in [-0.2, 0) is 19.1 Å². The quantitative estimate of drug-likeness (QED) is 0.356. The van der Waals surface area contributed by atoms with Gasteiger partial charge in [0, 0.05) is 6.61 Å². The summed E-state index contributed by atoms with van der Waals surface area (Å²) in [6.45, 7) is 1.84. The minimum Gasteiger partial charge on any atom is -0.450 e. The van der Waals surface area contributed by atoms with Crippen molar-refractivity contribution in [3.8, 4) is 0 Å². The summed E-state index contributed by atoms with van der Waals surface area (Å²) >= 11 is 0. The van der Waals surface area contributed by atoms with E-state index in [1.54, 1.807) is 0 Å². The summed E-state index contributed by atoms with van der Waals surface area (Å²) in [5, 5.41) is 18.3. The average Bonchev–Trinajstić information content (AvgIpc) is 2.65. The normalized spacial score (nSPS) is 25.3. The Labute approximate surface area is 106 Å². The number of carbonyl (C=O) groups excluding carboxylic acids is 2. The first-order chi connectivity index (χ1) is 8.61. The SMILES string of the molecule is CCCCCCOC1C(=O)C(=O)O[C@@H]1[C@@H](O)CO. The molecule has 6 heteroatoms. The van der Waals surface area contributed by atoms with Gasteiger partial charge in [0.1, 0.15) is 6.10 Å². The summed E-state index contributed by atoms with van der Waals surface area (Å²) in [6.07, 6.45) is 0.465. The summed E-state index contributed by atoms with van der Waals surface area (Å²) in [7, 11) is 0. The number of ketones is 1. The molecule has 0 amide bonds. The summed E-state index contributed by atoms with van der Waals surface area (Å²) in [6, 6.07) is 0. The highest BCUT2D eigenvalue weighted by atomic mass is 16.6. The molecule has 0 radical (unpaired) electrons. The van der Waals surface area contributed by atoms with E-state index in [2.05, 4.69) is 6.92 Å². The maximum absolute atomic E-state index is 11.5. The first kappa shape index (κ1) is 15.1. The van der Waals surface area contributed by atoms with Crippen LogP contribution in [-0.4, -0.2) is 53.5 Å². The summed E-state index contributed by atoms with van der Waals surface area (Å²) in [4.78, 5) is 22.6. The van der Waals surface area contributed by atoms with E-state index >= 15 is 0 Å². The molecule has 1 heterocycles. The number of Topliss-reactive ketones (excluding diaryl/α,β-unsaturated/α-hetero) is 1. The second-order valence-corrected chi connectivity index (χ2v) is 4.34. The molecule has 0 spiro atoms. The van der Waals surface area contributed by atoms with Gasteiger partial charge in [-0.3, -0.25) is 4.79 Å². The van der Waals surface area contributed by atoms with Gasteiger partial charge in [-0.15, -0.1) is 0 Å². The Morgan fingerprint density at radius 2 is 2.06 bits per heavy atom. The van der Waals surface area contributed by atoms with Gasteiger partial charge in [-0.1, -0.05) is 26.2 Å². The summed E-state index contributed by atoms with van der Waals surface area (Å²) in [5.74, 6) is -1.80. The standard InChI is InChI=1S/C12H20O6/c1-2-3-4-5-6-17-11-9(15)12(16)18-10(11)8(14)7-13/h8,10-11,13-14H,2-7H2,1H3/t8-,10+,11?/m0/s1. The molecular weight excluding hydrogens is 240 g/mol. The van der Waals surface area contributed by atoms with Crippen molar-refractivity contribution < 1.29 is 29.3 Å². The van der Waals surface area contributed by atoms with Gasteiger partial charge in [0.2, 0.25) is 0 Å². The van der Waals surface area contributed by atoms with Crippen molar-refractivity contribution in [2.24, 2.45) is 0 Å². The molecule has 1 fully saturated rings. The largest absolute Gasteiger partial charge is 0.450 e. The molecular formula is C12H20O6. The number of hydrogen-bond donors (Lipinski definition) is 2. The third-order valence-corrected chi connectivity index (χ3v) is 2.86. The molecule has 1 aliphatic heterocycles. The number of ether oxygens (including phenoxy) is 2. The van der Waals surface area contributed by atoms with Crippen molar-refractivity contribution >= 4 is 11.8 Å². The van der Waals surface area contributed by atoms with E-state index in [1.807, 2.05) is 0 Å². The minimum atomic E-state index is -1.29. The number of cyclic esters (lactones) is 1. The monoisotopic (exact) mass is 260 g/mol. The second-order valence-electron chi connectivity index (χ2n) is 4.34. The van der Waals surface area contributed by atoms with Gasteiger partial charge < -0.3 is 19.7 Å². The molecule has 0 aliphatic carbocycles. The van der Waals surface area contributed by atoms with Gasteiger partial charge in [-0.2, -0.15) is 0 Å². The third kappa shape index (κ3) is 3.76. The molecule has 104 valence electrons. The van der Waals surface area contributed by atoms with Crippen molar-refractivity contribution in [2.45, 2.75) is 50.9 Å². The topological polar surface area (TPSA) is 93.1 Å². The average molecular weight is 260 g/mol. The van der Waals surface area contributed by atoms with Crippen molar-refractivity contribution in [3.05, 3.63) is 0 Å². The van der Waals surface area contributed by atoms with E-state index in [1.165, 1.54) is 0 Å². The number of unbranched alkanes of at least 4 members (excludes halogenated alkanes) is 3. The molecule has 0 saturated carbocycles. The molecule has 6 nitrogen and oxygen atoms in total. The van der Waals surface area contributed by atoms with Crippen LogP contribution in [0.15, 0.2) is 0 Å². The van der Waals surface area contributed by atoms with Crippen molar-refractivity contribution in [1.82, 2.24) is 0 Å². The fourth-order valence-electron chi connectivity index (χ4n) is 1.80. The number of aliphatic hydroxyl groups excluding tert-OH is 2. The fourth-order valence-corrected chi connectivity index (χ4v) is 1.80. The Morgan fingerprint density at radius 3 is 2.67 bits per heavy atom. The van der Waals surface area contributed by atoms with Crippen molar-refractivity contribution in [3.63, 3.8) is 0 Å². The zero-order chi connectivity index (χ0) is 13.5. The molecule has 0 bridgehead atoms. The highest BCUT2D eigenvalue weighted by Crippen LogP contribution is 2.19. The maximum Gasteiger partial charge on any atom is 0.378 e. The van der Waals surface area contributed by atoms with Crippen LogP contribution in [0.3, 0.4) is 0 Å². The first-order valence-corrected chi connectivity index (χ1v) is 6.27. The molecule has 1 aliphatic rings. The van der Waals surface area contributed by atoms with Crippen LogP contribution >= 0.6 is 0 Å². The van der Waals surface area contributed by atoms with Crippen LogP contribution in [0.1, 0.15) is 32.6 Å². The van der Waals surface area contributed by atoms with Gasteiger partial charge in [0.25, 0.3) is 5.78 Å². The Balaban J connectivity index is 2.43. The van der Waals surface area contributed by atoms with Gasteiger partial charge in [0.15, 0.2) is 12.2 Å². The molecule has 0 aromatic rings. The van der Waals surface area contributed by atoms with Gasteiger partial charge in [-0.05, 0) is 6.42 Å². The second kappa shape index (κ2) is 7.45. The molecule has 1 rings (SSSR count). The van der Waals surface area contributed by atoms with Crippen LogP contribution in [0.2, 0.25) is 0 Å². The predicted molar refractivity (Wildman–Crippen MR) is 61.9 cm³/mol. The lowest BCUT2D eigenvalue weighted by molar-refractivity contribution is -0.152. The molecule has 0 aromatic heterocycles. The molecule has 1 unspecified atom stereocenters. The number of aliphatic hydroxyl groups is 2. The lowest BCUT2D eigenvalue weighted by Gasteiger charge is -2.20. The van der Waals surface area contributed by atoms with Crippen LogP contribution in [0.4, 0.5) is 0 Å². The lowest BCUT2D eigenvalue weighted by atomic mass is 10.1. The van der Waals surface area contributed by atoms with E-state index in [-0.39, 0.29) is 0 Å². The molecule has 1 saturated heterocycles. The Kier molecular flexibility index (Phi) is 6.24. The van der Waals surface area contributed by atoms with E-state index in [4.69, 9.17) is 14.6 Å². The van der Waals surface area contributed by atoms with Crippen molar-refractivity contribution in [1.29, 1.82) is 0 Å². The van der Waals surface area contributed by atoms with Gasteiger partial charge >= 0.3 is 5.97 Å². The molecule has 2 N–H and O–H groups in total. The zero-order valence-corrected chi connectivity index (χ0v) is 10.5. The predicted octanol–water partition coefficient (Wildman–Crippen LogP) is -0.200. The number of hydrogen-bond acceptors (Lipinski definition) is 6. The smallest absolute Gasteiger partial charge is 0.378 e. The van der Waals surface area contributed by atoms with Crippen LogP contribution < -0.4 is 0 Å². The third-order valence-electron chi connectivity index (χ3n) is 2.86. The Bertz CT molecular complexity index is 290. The highest BCUT2D eigenvalue weighted by molar-refractivity contribution is 6.37. The van der Waals surface area contributed by atoms with E-state index in [9.17, 15) is 14.7 Å². The van der Waals surface area contributed by atoms with Crippen LogP contribution in [0.5, 0.6) is 0 Å². The number of esters is 1. The van der Waals surface area contributed by atoms with Crippen LogP contribution in [0.25, 0.3) is 0 Å². The van der Waals surface area contributed by atoms with E-state index < -0.39 is 36.7 Å². The summed E-state index contributed by atoms with van der Waals surface area (Å²) < 4.78 is 9.99. The fraction of sp³-hybridized carbons (Fsp3) is 0.833. The summed E-state index contributed by atoms with van der Waals surface area (Å²) in [5.41, 5.74) is 0. The molecule has 0 aromatic carbocycles. The van der Waals surface area contributed by atoms with Gasteiger partial charge in [-0.25, -0.2) is 4.79 Å². The first-order valence-electron chi connectivity index (χ1n) is 6.27. The Morgan fingerprint density at radius 1 is 1.33 bits per heavy atom. The van der Waals surface area contributed by atoms with Crippen LogP contribution in [0, 0.1) is 0 Å². The molecule has 3 atom stereocenters. The van der Waals surface area contributed by atoms with Crippen molar-refractivity contribution in [2.75, 3.05) is 13.2 Å².